The Bertz CT molecular complexity index is 957. The minimum absolute atomic E-state index is 0.0670. The lowest BCUT2D eigenvalue weighted by Gasteiger charge is -2.18. The van der Waals surface area contributed by atoms with Crippen molar-refractivity contribution in [2.45, 2.75) is 19.1 Å². The highest BCUT2D eigenvalue weighted by molar-refractivity contribution is 7.09. The van der Waals surface area contributed by atoms with Crippen LogP contribution in [0.3, 0.4) is 0 Å². The lowest BCUT2D eigenvalue weighted by atomic mass is 10.0. The fourth-order valence-electron chi connectivity index (χ4n) is 2.72. The van der Waals surface area contributed by atoms with Crippen molar-refractivity contribution >= 4 is 23.2 Å². The van der Waals surface area contributed by atoms with Crippen LogP contribution in [-0.4, -0.2) is 19.0 Å². The van der Waals surface area contributed by atoms with Gasteiger partial charge in [-0.3, -0.25) is 9.59 Å². The van der Waals surface area contributed by atoms with Gasteiger partial charge in [0, 0.05) is 10.4 Å². The van der Waals surface area contributed by atoms with E-state index in [1.54, 1.807) is 35.6 Å². The van der Waals surface area contributed by atoms with Crippen molar-refractivity contribution < 1.29 is 23.5 Å². The Balaban J connectivity index is 1.72. The number of rotatable bonds is 8. The lowest BCUT2D eigenvalue weighted by Crippen LogP contribution is -2.30. The smallest absolute Gasteiger partial charge is 0.307 e. The molecule has 1 N–H and O–H groups in total. The Morgan fingerprint density at radius 1 is 1.10 bits per heavy atom. The molecular formula is C22H20FNO4S. The van der Waals surface area contributed by atoms with E-state index < -0.39 is 17.8 Å². The standard InChI is InChI=1S/C22H20FNO4S/c1-27-21(25)13-20(15-7-9-17(23)10-8-15)24-22(26)16-4-2-5-18(12-16)28-14-19-6-3-11-29-19/h2-12,20H,13-14H2,1H3,(H,24,26). The molecule has 0 fully saturated rings. The molecule has 0 aliphatic carbocycles. The number of carbonyl (C=O) groups excluding carboxylic acids is 2. The zero-order valence-electron chi connectivity index (χ0n) is 15.8. The van der Waals surface area contributed by atoms with Crippen molar-refractivity contribution in [2.75, 3.05) is 7.11 Å². The zero-order valence-corrected chi connectivity index (χ0v) is 16.6. The number of nitrogens with one attached hydrogen (secondary N) is 1. The molecule has 3 rings (SSSR count). The molecule has 1 aromatic heterocycles. The molecule has 3 aromatic rings. The quantitative estimate of drug-likeness (QED) is 0.552. The predicted octanol–water partition coefficient (Wildman–Crippen LogP) is 4.50. The van der Waals surface area contributed by atoms with Gasteiger partial charge in [0.2, 0.25) is 0 Å². The van der Waals surface area contributed by atoms with Crippen molar-refractivity contribution in [1.29, 1.82) is 0 Å². The number of ether oxygens (including phenoxy) is 2. The van der Waals surface area contributed by atoms with E-state index in [9.17, 15) is 14.0 Å². The van der Waals surface area contributed by atoms with Crippen molar-refractivity contribution in [3.05, 3.63) is 87.9 Å². The predicted molar refractivity (Wildman–Crippen MR) is 108 cm³/mol. The number of esters is 1. The summed E-state index contributed by atoms with van der Waals surface area (Å²) in [6.45, 7) is 0.420. The van der Waals surface area contributed by atoms with Crippen LogP contribution in [0.25, 0.3) is 0 Å². The van der Waals surface area contributed by atoms with Gasteiger partial charge in [-0.25, -0.2) is 4.39 Å². The number of hydrogen-bond donors (Lipinski definition) is 1. The molecule has 1 amide bonds. The van der Waals surface area contributed by atoms with E-state index in [2.05, 4.69) is 5.32 Å². The van der Waals surface area contributed by atoms with Crippen LogP contribution in [0.5, 0.6) is 5.75 Å². The van der Waals surface area contributed by atoms with E-state index in [0.29, 0.717) is 23.5 Å². The van der Waals surface area contributed by atoms with Gasteiger partial charge in [-0.15, -0.1) is 11.3 Å². The third-order valence-electron chi connectivity index (χ3n) is 4.23. The van der Waals surface area contributed by atoms with Gasteiger partial charge in [-0.05, 0) is 47.3 Å². The highest BCUT2D eigenvalue weighted by Crippen LogP contribution is 2.21. The maximum atomic E-state index is 13.2. The summed E-state index contributed by atoms with van der Waals surface area (Å²) >= 11 is 1.59. The summed E-state index contributed by atoms with van der Waals surface area (Å²) in [7, 11) is 1.28. The summed E-state index contributed by atoms with van der Waals surface area (Å²) in [6, 6.07) is 15.7. The van der Waals surface area contributed by atoms with Gasteiger partial charge in [-0.2, -0.15) is 0 Å². The fraction of sp³-hybridized carbons (Fsp3) is 0.182. The van der Waals surface area contributed by atoms with E-state index in [-0.39, 0.29) is 12.3 Å². The summed E-state index contributed by atoms with van der Waals surface area (Å²) in [5.41, 5.74) is 1.00. The van der Waals surface area contributed by atoms with Crippen molar-refractivity contribution in [3.63, 3.8) is 0 Å². The topological polar surface area (TPSA) is 64.6 Å². The largest absolute Gasteiger partial charge is 0.488 e. The molecule has 7 heteroatoms. The van der Waals surface area contributed by atoms with Crippen LogP contribution in [0.2, 0.25) is 0 Å². The van der Waals surface area contributed by atoms with E-state index in [1.165, 1.54) is 31.4 Å². The molecule has 0 spiro atoms. The first-order chi connectivity index (χ1) is 14.0. The van der Waals surface area contributed by atoms with Gasteiger partial charge < -0.3 is 14.8 Å². The van der Waals surface area contributed by atoms with Crippen LogP contribution in [0.4, 0.5) is 4.39 Å². The molecule has 5 nitrogen and oxygen atoms in total. The van der Waals surface area contributed by atoms with E-state index in [0.717, 1.165) is 4.88 Å². The SMILES string of the molecule is COC(=O)CC(NC(=O)c1cccc(OCc2cccs2)c1)c1ccc(F)cc1. The normalized spacial score (nSPS) is 11.5. The first-order valence-corrected chi connectivity index (χ1v) is 9.81. The van der Waals surface area contributed by atoms with Crippen LogP contribution in [0, 0.1) is 5.82 Å². The number of carbonyl (C=O) groups is 2. The number of amides is 1. The van der Waals surface area contributed by atoms with Gasteiger partial charge in [0.1, 0.15) is 18.2 Å². The van der Waals surface area contributed by atoms with Crippen molar-refractivity contribution in [2.24, 2.45) is 0 Å². The molecule has 1 heterocycles. The molecule has 0 aliphatic heterocycles. The van der Waals surface area contributed by atoms with Gasteiger partial charge in [0.05, 0.1) is 19.6 Å². The summed E-state index contributed by atoms with van der Waals surface area (Å²) in [5, 5.41) is 4.79. The van der Waals surface area contributed by atoms with Crippen LogP contribution in [0.1, 0.15) is 33.3 Å². The summed E-state index contributed by atoms with van der Waals surface area (Å²) in [6.07, 6.45) is -0.0670. The minimum Gasteiger partial charge on any atom is -0.488 e. The molecule has 0 saturated heterocycles. The summed E-state index contributed by atoms with van der Waals surface area (Å²) in [4.78, 5) is 25.6. The summed E-state index contributed by atoms with van der Waals surface area (Å²) in [5.74, 6) is -0.678. The Morgan fingerprint density at radius 3 is 2.59 bits per heavy atom. The van der Waals surface area contributed by atoms with Crippen LogP contribution < -0.4 is 10.1 Å². The fourth-order valence-corrected chi connectivity index (χ4v) is 3.33. The van der Waals surface area contributed by atoms with Gasteiger partial charge in [-0.1, -0.05) is 24.3 Å². The molecule has 0 aliphatic rings. The molecule has 0 saturated carbocycles. The van der Waals surface area contributed by atoms with Crippen molar-refractivity contribution in [3.8, 4) is 5.75 Å². The van der Waals surface area contributed by atoms with Crippen LogP contribution in [-0.2, 0) is 16.1 Å². The maximum Gasteiger partial charge on any atom is 0.307 e. The van der Waals surface area contributed by atoms with Crippen molar-refractivity contribution in [1.82, 2.24) is 5.32 Å². The first-order valence-electron chi connectivity index (χ1n) is 8.93. The Morgan fingerprint density at radius 2 is 1.90 bits per heavy atom. The van der Waals surface area contributed by atoms with Gasteiger partial charge in [0.15, 0.2) is 0 Å². The second-order valence-electron chi connectivity index (χ2n) is 6.25. The first kappa shape index (κ1) is 20.5. The average molecular weight is 413 g/mol. The number of benzene rings is 2. The highest BCUT2D eigenvalue weighted by atomic mass is 32.1. The average Bonchev–Trinajstić information content (AvgIpc) is 3.26. The molecule has 0 bridgehead atoms. The minimum atomic E-state index is -0.647. The van der Waals surface area contributed by atoms with Gasteiger partial charge >= 0.3 is 5.97 Å². The third-order valence-corrected chi connectivity index (χ3v) is 5.08. The molecule has 29 heavy (non-hydrogen) atoms. The second-order valence-corrected chi connectivity index (χ2v) is 7.29. The molecule has 2 aromatic carbocycles. The van der Waals surface area contributed by atoms with Crippen LogP contribution in [0.15, 0.2) is 66.0 Å². The molecule has 1 unspecified atom stereocenters. The monoisotopic (exact) mass is 413 g/mol. The molecule has 0 radical (unpaired) electrons. The zero-order chi connectivity index (χ0) is 20.6. The Kier molecular flexibility index (Phi) is 6.97. The van der Waals surface area contributed by atoms with E-state index >= 15 is 0 Å². The molecular weight excluding hydrogens is 393 g/mol. The number of thiophene rings is 1. The molecule has 150 valence electrons. The molecule has 1 atom stereocenters. The second kappa shape index (κ2) is 9.84. The number of halogens is 1. The van der Waals surface area contributed by atoms with E-state index in [4.69, 9.17) is 9.47 Å². The Hall–Kier alpha value is -3.19. The van der Waals surface area contributed by atoms with E-state index in [1.807, 2.05) is 17.5 Å². The lowest BCUT2D eigenvalue weighted by molar-refractivity contribution is -0.141. The number of hydrogen-bond acceptors (Lipinski definition) is 5. The van der Waals surface area contributed by atoms with Crippen LogP contribution >= 0.6 is 11.3 Å². The third kappa shape index (κ3) is 5.89. The van der Waals surface area contributed by atoms with Gasteiger partial charge in [0.25, 0.3) is 5.91 Å². The Labute approximate surface area is 172 Å². The number of methoxy groups -OCH3 is 1. The summed E-state index contributed by atoms with van der Waals surface area (Å²) < 4.78 is 23.7. The highest BCUT2D eigenvalue weighted by Gasteiger charge is 2.20. The maximum absolute atomic E-state index is 13.2.